The molecule has 0 radical (unpaired) electrons. The fourth-order valence-corrected chi connectivity index (χ4v) is 4.91. The van der Waals surface area contributed by atoms with Crippen LogP contribution in [-0.4, -0.2) is 40.8 Å². The minimum atomic E-state index is -0.225. The molecule has 31 heavy (non-hydrogen) atoms. The topological polar surface area (TPSA) is 62.7 Å². The molecule has 1 aromatic heterocycles. The molecule has 2 heterocycles. The number of aromatic nitrogens is 1. The predicted octanol–water partition coefficient (Wildman–Crippen LogP) is 6.45. The zero-order valence-electron chi connectivity index (χ0n) is 18.7. The molecule has 1 saturated heterocycles. The van der Waals surface area contributed by atoms with Gasteiger partial charge >= 0.3 is 6.09 Å². The second-order valence-electron chi connectivity index (χ2n) is 7.73. The number of amides is 1. The molecule has 1 aromatic carbocycles. The average Bonchev–Trinajstić information content (AvgIpc) is 2.89. The molecule has 2 aliphatic rings. The van der Waals surface area contributed by atoms with Gasteiger partial charge in [0.15, 0.2) is 0 Å². The highest BCUT2D eigenvalue weighted by molar-refractivity contribution is 9.10. The number of halogens is 1. The highest BCUT2D eigenvalue weighted by atomic mass is 79.9. The van der Waals surface area contributed by atoms with E-state index in [2.05, 4.69) is 35.0 Å². The third kappa shape index (κ3) is 4.95. The first-order valence-corrected chi connectivity index (χ1v) is 11.9. The summed E-state index contributed by atoms with van der Waals surface area (Å²) < 4.78 is 6.12. The van der Waals surface area contributed by atoms with Gasteiger partial charge in [-0.2, -0.15) is 0 Å². The monoisotopic (exact) mass is 486 g/mol. The fourth-order valence-electron chi connectivity index (χ4n) is 4.56. The summed E-state index contributed by atoms with van der Waals surface area (Å²) in [5.74, 6) is 0.745. The molecule has 0 saturated carbocycles. The molecular formula is C25H31BrN2O3. The number of hydrogen-bond acceptors (Lipinski definition) is 4. The minimum Gasteiger partial charge on any atom is -0.508 e. The lowest BCUT2D eigenvalue weighted by Crippen LogP contribution is -2.40. The summed E-state index contributed by atoms with van der Waals surface area (Å²) in [6, 6.07) is 7.75. The lowest BCUT2D eigenvalue weighted by molar-refractivity contribution is 0.0900. The Hall–Kier alpha value is -2.34. The van der Waals surface area contributed by atoms with Gasteiger partial charge in [0.05, 0.1) is 12.3 Å². The van der Waals surface area contributed by atoms with Gasteiger partial charge in [-0.15, -0.1) is 0 Å². The van der Waals surface area contributed by atoms with E-state index in [1.807, 2.05) is 39.1 Å². The Labute approximate surface area is 193 Å². The van der Waals surface area contributed by atoms with Crippen LogP contribution in [0.25, 0.3) is 11.6 Å². The second-order valence-corrected chi connectivity index (χ2v) is 8.64. The number of rotatable bonds is 2. The number of fused-ring (bicyclic) bond motifs is 2. The van der Waals surface area contributed by atoms with Gasteiger partial charge in [-0.25, -0.2) is 4.79 Å². The molecule has 1 aliphatic heterocycles. The molecule has 1 N–H and O–H groups in total. The Bertz CT molecular complexity index is 965. The average molecular weight is 487 g/mol. The summed E-state index contributed by atoms with van der Waals surface area (Å²) in [7, 11) is 0. The van der Waals surface area contributed by atoms with Crippen molar-refractivity contribution in [2.24, 2.45) is 5.92 Å². The van der Waals surface area contributed by atoms with Gasteiger partial charge in [-0.1, -0.05) is 19.9 Å². The largest absolute Gasteiger partial charge is 0.508 e. The molecule has 1 amide bonds. The molecule has 5 nitrogen and oxygen atoms in total. The number of aromatic hydroxyl groups is 1. The fraction of sp³-hybridized carbons (Fsp3) is 0.440. The van der Waals surface area contributed by atoms with Gasteiger partial charge in [0.1, 0.15) is 5.75 Å². The maximum atomic E-state index is 12.1. The van der Waals surface area contributed by atoms with Crippen LogP contribution < -0.4 is 0 Å². The SMILES string of the molecule is CC.CCOC(=O)N1CCC(C2c3ccc(O)cc3C(C)=Cc3cc(Br)cnc32)CC1. The van der Waals surface area contributed by atoms with Crippen LogP contribution in [0.1, 0.15) is 68.8 Å². The molecule has 0 bridgehead atoms. The van der Waals surface area contributed by atoms with E-state index in [0.29, 0.717) is 25.6 Å². The van der Waals surface area contributed by atoms with Crippen molar-refractivity contribution in [3.05, 3.63) is 57.3 Å². The summed E-state index contributed by atoms with van der Waals surface area (Å²) in [5.41, 5.74) is 5.54. The van der Waals surface area contributed by atoms with Crippen molar-refractivity contribution in [1.82, 2.24) is 9.88 Å². The molecule has 6 heteroatoms. The minimum absolute atomic E-state index is 0.117. The highest BCUT2D eigenvalue weighted by Crippen LogP contribution is 2.45. The van der Waals surface area contributed by atoms with Crippen LogP contribution in [0.2, 0.25) is 0 Å². The lowest BCUT2D eigenvalue weighted by Gasteiger charge is -2.36. The van der Waals surface area contributed by atoms with Crippen LogP contribution in [0.3, 0.4) is 0 Å². The van der Waals surface area contributed by atoms with E-state index in [4.69, 9.17) is 9.72 Å². The number of ether oxygens (including phenoxy) is 1. The van der Waals surface area contributed by atoms with Crippen molar-refractivity contribution in [1.29, 1.82) is 0 Å². The van der Waals surface area contributed by atoms with Crippen LogP contribution in [0.15, 0.2) is 34.9 Å². The number of piperidine rings is 1. The number of hydrogen-bond donors (Lipinski definition) is 1. The van der Waals surface area contributed by atoms with Crippen molar-refractivity contribution in [3.8, 4) is 5.75 Å². The molecule has 1 fully saturated rings. The van der Waals surface area contributed by atoms with Gasteiger partial charge < -0.3 is 14.7 Å². The van der Waals surface area contributed by atoms with Crippen LogP contribution >= 0.6 is 15.9 Å². The number of phenolic OH excluding ortho intramolecular Hbond substituents is 1. The molecule has 4 rings (SSSR count). The highest BCUT2D eigenvalue weighted by Gasteiger charge is 2.35. The number of carbonyl (C=O) groups excluding carboxylic acids is 1. The summed E-state index contributed by atoms with van der Waals surface area (Å²) in [6.45, 7) is 9.68. The van der Waals surface area contributed by atoms with Gasteiger partial charge in [0.2, 0.25) is 0 Å². The molecule has 2 aromatic rings. The van der Waals surface area contributed by atoms with Crippen molar-refractivity contribution < 1.29 is 14.6 Å². The van der Waals surface area contributed by atoms with Gasteiger partial charge in [-0.05, 0) is 95.1 Å². The van der Waals surface area contributed by atoms with Crippen molar-refractivity contribution >= 4 is 33.7 Å². The van der Waals surface area contributed by atoms with E-state index in [9.17, 15) is 9.90 Å². The van der Waals surface area contributed by atoms with E-state index < -0.39 is 0 Å². The first-order chi connectivity index (χ1) is 15.0. The summed E-state index contributed by atoms with van der Waals surface area (Å²) in [4.78, 5) is 18.7. The number of phenols is 1. The maximum absolute atomic E-state index is 12.1. The van der Waals surface area contributed by atoms with E-state index in [0.717, 1.165) is 39.7 Å². The normalized spacial score (nSPS) is 18.0. The Balaban J connectivity index is 0.00000132. The standard InChI is InChI=1S/C23H25BrN2O3.C2H6/c1-3-29-23(28)26-8-6-15(7-9-26)21-19-5-4-18(27)12-20(19)14(2)10-16-11-17(24)13-25-22(16)21;1-2/h4-5,10-13,15,21,27H,3,6-9H2,1-2H3;1-2H3. The Morgan fingerprint density at radius 2 is 1.97 bits per heavy atom. The van der Waals surface area contributed by atoms with E-state index in [-0.39, 0.29) is 17.8 Å². The number of allylic oxidation sites excluding steroid dienone is 1. The molecule has 1 aliphatic carbocycles. The molecule has 0 spiro atoms. The lowest BCUT2D eigenvalue weighted by atomic mass is 9.76. The summed E-state index contributed by atoms with van der Waals surface area (Å²) in [6.07, 6.45) is 5.56. The van der Waals surface area contributed by atoms with Gasteiger partial charge in [0.25, 0.3) is 0 Å². The zero-order chi connectivity index (χ0) is 22.5. The smallest absolute Gasteiger partial charge is 0.409 e. The van der Waals surface area contributed by atoms with Crippen molar-refractivity contribution in [2.45, 2.75) is 46.5 Å². The summed E-state index contributed by atoms with van der Waals surface area (Å²) >= 11 is 3.55. The number of pyridine rings is 1. The Morgan fingerprint density at radius 3 is 2.65 bits per heavy atom. The van der Waals surface area contributed by atoms with Gasteiger partial charge in [0, 0.05) is 29.7 Å². The third-order valence-corrected chi connectivity index (χ3v) is 6.35. The maximum Gasteiger partial charge on any atom is 0.409 e. The van der Waals surface area contributed by atoms with Crippen LogP contribution in [0.5, 0.6) is 5.75 Å². The quantitative estimate of drug-likeness (QED) is 0.529. The second kappa shape index (κ2) is 10.3. The van der Waals surface area contributed by atoms with Crippen molar-refractivity contribution in [2.75, 3.05) is 19.7 Å². The van der Waals surface area contributed by atoms with Crippen LogP contribution in [0.4, 0.5) is 4.79 Å². The zero-order valence-corrected chi connectivity index (χ0v) is 20.3. The molecule has 1 unspecified atom stereocenters. The van der Waals surface area contributed by atoms with Crippen molar-refractivity contribution in [3.63, 3.8) is 0 Å². The first-order valence-electron chi connectivity index (χ1n) is 11.1. The number of benzene rings is 1. The third-order valence-electron chi connectivity index (χ3n) is 5.92. The Kier molecular flexibility index (Phi) is 7.76. The molecule has 166 valence electrons. The summed E-state index contributed by atoms with van der Waals surface area (Å²) in [5, 5.41) is 10.1. The number of likely N-dealkylation sites (tertiary alicyclic amines) is 1. The molecule has 1 atom stereocenters. The molecular weight excluding hydrogens is 456 g/mol. The van der Waals surface area contributed by atoms with Crippen LogP contribution in [0, 0.1) is 5.92 Å². The predicted molar refractivity (Wildman–Crippen MR) is 128 cm³/mol. The first kappa shape index (κ1) is 23.3. The Morgan fingerprint density at radius 1 is 1.26 bits per heavy atom. The van der Waals surface area contributed by atoms with Crippen LogP contribution in [-0.2, 0) is 4.74 Å². The number of nitrogens with zero attached hydrogens (tertiary/aromatic N) is 2. The van der Waals surface area contributed by atoms with E-state index in [1.165, 1.54) is 5.56 Å². The number of carbonyl (C=O) groups is 1. The van der Waals surface area contributed by atoms with E-state index in [1.54, 1.807) is 11.0 Å². The van der Waals surface area contributed by atoms with Gasteiger partial charge in [-0.3, -0.25) is 4.98 Å². The van der Waals surface area contributed by atoms with E-state index >= 15 is 0 Å².